The number of esters is 1. The van der Waals surface area contributed by atoms with E-state index in [1.54, 1.807) is 6.20 Å². The molecule has 4 heteroatoms. The summed E-state index contributed by atoms with van der Waals surface area (Å²) in [4.78, 5) is 20.6. The van der Waals surface area contributed by atoms with Crippen LogP contribution in [0.25, 0.3) is 11.3 Å². The van der Waals surface area contributed by atoms with Crippen molar-refractivity contribution in [1.29, 1.82) is 0 Å². The Hall–Kier alpha value is -2.23. The molecule has 1 heterocycles. The minimum atomic E-state index is -0.158. The summed E-state index contributed by atoms with van der Waals surface area (Å²) in [6, 6.07) is 7.83. The van der Waals surface area contributed by atoms with Gasteiger partial charge in [-0.15, -0.1) is 0 Å². The Morgan fingerprint density at radius 3 is 2.79 bits per heavy atom. The highest BCUT2D eigenvalue weighted by Gasteiger charge is 2.28. The molecule has 126 valence electrons. The molecule has 4 nitrogen and oxygen atoms in total. The standard InChI is InChI=1S/C20H24N2O2/c1-2-3-4-5-9-19(23)24-18-8-6-7-16(15-10-11-15)20(18)17-12-13-21-14-22-17/h6-8,12-15H,2-5,9-11H2,1H3. The van der Waals surface area contributed by atoms with Crippen LogP contribution in [0.4, 0.5) is 0 Å². The zero-order chi connectivity index (χ0) is 16.8. The zero-order valence-electron chi connectivity index (χ0n) is 14.2. The molecule has 0 radical (unpaired) electrons. The molecule has 1 aliphatic carbocycles. The molecule has 0 aliphatic heterocycles. The van der Waals surface area contributed by atoms with Crippen molar-refractivity contribution in [3.63, 3.8) is 0 Å². The molecule has 1 saturated carbocycles. The van der Waals surface area contributed by atoms with Crippen LogP contribution >= 0.6 is 0 Å². The first-order chi connectivity index (χ1) is 11.8. The first-order valence-electron chi connectivity index (χ1n) is 8.89. The second-order valence-electron chi connectivity index (χ2n) is 6.37. The maximum absolute atomic E-state index is 12.2. The Labute approximate surface area is 143 Å². The number of carbonyl (C=O) groups excluding carboxylic acids is 1. The van der Waals surface area contributed by atoms with Gasteiger partial charge in [0.2, 0.25) is 0 Å². The van der Waals surface area contributed by atoms with Gasteiger partial charge >= 0.3 is 5.97 Å². The predicted octanol–water partition coefficient (Wildman–Crippen LogP) is 4.90. The summed E-state index contributed by atoms with van der Waals surface area (Å²) in [5.41, 5.74) is 3.00. The number of hydrogen-bond acceptors (Lipinski definition) is 4. The van der Waals surface area contributed by atoms with E-state index < -0.39 is 0 Å². The Balaban J connectivity index is 1.80. The average molecular weight is 324 g/mol. The second kappa shape index (κ2) is 8.04. The predicted molar refractivity (Wildman–Crippen MR) is 93.8 cm³/mol. The molecule has 3 rings (SSSR count). The van der Waals surface area contributed by atoms with Gasteiger partial charge in [0, 0.05) is 18.2 Å². The Morgan fingerprint density at radius 1 is 1.21 bits per heavy atom. The lowest BCUT2D eigenvalue weighted by atomic mass is 9.99. The van der Waals surface area contributed by atoms with Crippen molar-refractivity contribution < 1.29 is 9.53 Å². The SMILES string of the molecule is CCCCCCC(=O)Oc1cccc(C2CC2)c1-c1ccncn1. The lowest BCUT2D eigenvalue weighted by Crippen LogP contribution is -2.09. The Morgan fingerprint density at radius 2 is 2.08 bits per heavy atom. The Bertz CT molecular complexity index is 681. The van der Waals surface area contributed by atoms with Crippen LogP contribution in [0, 0.1) is 0 Å². The number of nitrogens with zero attached hydrogens (tertiary/aromatic N) is 2. The first kappa shape index (κ1) is 16.6. The summed E-state index contributed by atoms with van der Waals surface area (Å²) in [7, 11) is 0. The third-order valence-electron chi connectivity index (χ3n) is 4.37. The number of aromatic nitrogens is 2. The van der Waals surface area contributed by atoms with Crippen LogP contribution in [-0.2, 0) is 4.79 Å². The molecule has 0 spiro atoms. The minimum Gasteiger partial charge on any atom is -0.426 e. The quantitative estimate of drug-likeness (QED) is 0.394. The maximum Gasteiger partial charge on any atom is 0.311 e. The molecule has 0 amide bonds. The number of rotatable bonds is 8. The summed E-state index contributed by atoms with van der Waals surface area (Å²) in [6.07, 6.45) is 10.4. The lowest BCUT2D eigenvalue weighted by molar-refractivity contribution is -0.134. The van der Waals surface area contributed by atoms with Crippen LogP contribution in [-0.4, -0.2) is 15.9 Å². The molecule has 2 aromatic rings. The zero-order valence-corrected chi connectivity index (χ0v) is 14.2. The minimum absolute atomic E-state index is 0.158. The van der Waals surface area contributed by atoms with Crippen molar-refractivity contribution in [1.82, 2.24) is 9.97 Å². The van der Waals surface area contributed by atoms with Crippen molar-refractivity contribution in [2.24, 2.45) is 0 Å². The molecule has 1 aromatic carbocycles. The molecule has 24 heavy (non-hydrogen) atoms. The van der Waals surface area contributed by atoms with Crippen LogP contribution in [0.5, 0.6) is 5.75 Å². The molecule has 1 aromatic heterocycles. The highest BCUT2D eigenvalue weighted by Crippen LogP contribution is 2.46. The van der Waals surface area contributed by atoms with E-state index in [1.807, 2.05) is 18.2 Å². The van der Waals surface area contributed by atoms with Crippen LogP contribution in [0.3, 0.4) is 0 Å². The molecule has 0 atom stereocenters. The first-order valence-corrected chi connectivity index (χ1v) is 8.89. The fraction of sp³-hybridized carbons (Fsp3) is 0.450. The van der Waals surface area contributed by atoms with E-state index >= 15 is 0 Å². The van der Waals surface area contributed by atoms with Gasteiger partial charge in [-0.2, -0.15) is 0 Å². The molecule has 0 N–H and O–H groups in total. The number of benzene rings is 1. The van der Waals surface area contributed by atoms with Crippen LogP contribution in [0.2, 0.25) is 0 Å². The number of ether oxygens (including phenoxy) is 1. The molecular formula is C20H24N2O2. The van der Waals surface area contributed by atoms with Crippen LogP contribution in [0.1, 0.15) is 63.4 Å². The van der Waals surface area contributed by atoms with E-state index in [-0.39, 0.29) is 5.97 Å². The third-order valence-corrected chi connectivity index (χ3v) is 4.37. The van der Waals surface area contributed by atoms with Crippen LogP contribution < -0.4 is 4.74 Å². The van der Waals surface area contributed by atoms with Gasteiger partial charge in [-0.1, -0.05) is 38.3 Å². The average Bonchev–Trinajstić information content (AvgIpc) is 3.44. The monoisotopic (exact) mass is 324 g/mol. The number of unbranched alkanes of at least 4 members (excludes halogenated alkanes) is 3. The van der Waals surface area contributed by atoms with Crippen molar-refractivity contribution in [3.05, 3.63) is 42.4 Å². The van der Waals surface area contributed by atoms with Gasteiger partial charge < -0.3 is 4.74 Å². The molecule has 1 aliphatic rings. The van der Waals surface area contributed by atoms with E-state index in [4.69, 9.17) is 4.74 Å². The highest BCUT2D eigenvalue weighted by molar-refractivity contribution is 5.79. The molecule has 1 fully saturated rings. The topological polar surface area (TPSA) is 52.1 Å². The van der Waals surface area contributed by atoms with Crippen molar-refractivity contribution in [2.75, 3.05) is 0 Å². The van der Waals surface area contributed by atoms with E-state index in [0.29, 0.717) is 18.1 Å². The maximum atomic E-state index is 12.2. The third kappa shape index (κ3) is 4.19. The van der Waals surface area contributed by atoms with Gasteiger partial charge in [0.05, 0.1) is 5.69 Å². The fourth-order valence-corrected chi connectivity index (χ4v) is 2.95. The van der Waals surface area contributed by atoms with Crippen molar-refractivity contribution >= 4 is 5.97 Å². The summed E-state index contributed by atoms with van der Waals surface area (Å²) < 4.78 is 5.70. The molecule has 0 bridgehead atoms. The fourth-order valence-electron chi connectivity index (χ4n) is 2.95. The largest absolute Gasteiger partial charge is 0.426 e. The lowest BCUT2D eigenvalue weighted by Gasteiger charge is -2.14. The van der Waals surface area contributed by atoms with Crippen molar-refractivity contribution in [3.8, 4) is 17.0 Å². The smallest absolute Gasteiger partial charge is 0.311 e. The summed E-state index contributed by atoms with van der Waals surface area (Å²) in [5.74, 6) is 1.02. The normalized spacial score (nSPS) is 13.7. The van der Waals surface area contributed by atoms with Gasteiger partial charge in [-0.25, -0.2) is 9.97 Å². The highest BCUT2D eigenvalue weighted by atomic mass is 16.5. The van der Waals surface area contributed by atoms with E-state index in [0.717, 1.165) is 36.9 Å². The summed E-state index contributed by atoms with van der Waals surface area (Å²) in [6.45, 7) is 2.16. The summed E-state index contributed by atoms with van der Waals surface area (Å²) in [5, 5.41) is 0. The number of hydrogen-bond donors (Lipinski definition) is 0. The van der Waals surface area contributed by atoms with Gasteiger partial charge in [-0.05, 0) is 42.9 Å². The Kier molecular flexibility index (Phi) is 5.57. The van der Waals surface area contributed by atoms with Gasteiger partial charge in [0.15, 0.2) is 0 Å². The van der Waals surface area contributed by atoms with E-state index in [2.05, 4.69) is 23.0 Å². The molecule has 0 saturated heterocycles. The molecular weight excluding hydrogens is 300 g/mol. The summed E-state index contributed by atoms with van der Waals surface area (Å²) >= 11 is 0. The van der Waals surface area contributed by atoms with Crippen molar-refractivity contribution in [2.45, 2.75) is 57.8 Å². The van der Waals surface area contributed by atoms with Gasteiger partial charge in [0.1, 0.15) is 12.1 Å². The van der Waals surface area contributed by atoms with Gasteiger partial charge in [0.25, 0.3) is 0 Å². The van der Waals surface area contributed by atoms with Crippen LogP contribution in [0.15, 0.2) is 36.8 Å². The second-order valence-corrected chi connectivity index (χ2v) is 6.37. The van der Waals surface area contributed by atoms with E-state index in [9.17, 15) is 4.79 Å². The van der Waals surface area contributed by atoms with Gasteiger partial charge in [-0.3, -0.25) is 4.79 Å². The number of carbonyl (C=O) groups is 1. The molecule has 0 unspecified atom stereocenters. The van der Waals surface area contributed by atoms with E-state index in [1.165, 1.54) is 24.7 Å².